The van der Waals surface area contributed by atoms with Gasteiger partial charge in [-0.15, -0.1) is 0 Å². The van der Waals surface area contributed by atoms with Crippen molar-refractivity contribution in [1.82, 2.24) is 9.97 Å². The molecule has 1 aliphatic rings. The van der Waals surface area contributed by atoms with Gasteiger partial charge in [0.1, 0.15) is 12.4 Å². The molecule has 21 heavy (non-hydrogen) atoms. The zero-order valence-electron chi connectivity index (χ0n) is 12.1. The molecule has 3 N–H and O–H groups in total. The second-order valence-corrected chi connectivity index (χ2v) is 4.86. The smallest absolute Gasteiger partial charge is 0.192 e. The number of hydrazine groups is 1. The molecule has 0 saturated carbocycles. The molecule has 2 heterocycles. The summed E-state index contributed by atoms with van der Waals surface area (Å²) in [6, 6.07) is 7.57. The van der Waals surface area contributed by atoms with E-state index in [-0.39, 0.29) is 6.10 Å². The monoisotopic (exact) mass is 286 g/mol. The summed E-state index contributed by atoms with van der Waals surface area (Å²) in [5, 5.41) is 0. The number of fused-ring (bicyclic) bond motifs is 1. The van der Waals surface area contributed by atoms with Gasteiger partial charge in [-0.2, -0.15) is 0 Å². The fourth-order valence-electron chi connectivity index (χ4n) is 2.45. The van der Waals surface area contributed by atoms with Gasteiger partial charge in [-0.25, -0.2) is 15.8 Å². The van der Waals surface area contributed by atoms with Crippen molar-refractivity contribution in [3.05, 3.63) is 41.3 Å². The molecule has 1 unspecified atom stereocenters. The van der Waals surface area contributed by atoms with Gasteiger partial charge in [0.05, 0.1) is 0 Å². The minimum Gasteiger partial charge on any atom is -0.485 e. The van der Waals surface area contributed by atoms with E-state index >= 15 is 0 Å². The summed E-state index contributed by atoms with van der Waals surface area (Å²) in [7, 11) is 0. The highest BCUT2D eigenvalue weighted by Crippen LogP contribution is 2.35. The Kier molecular flexibility index (Phi) is 3.62. The van der Waals surface area contributed by atoms with Gasteiger partial charge in [-0.05, 0) is 25.5 Å². The SMILES string of the molecule is CCc1c(C)nc(C2COc3ccccc3O2)nc1NN. The maximum atomic E-state index is 5.93. The quantitative estimate of drug-likeness (QED) is 0.664. The highest BCUT2D eigenvalue weighted by Gasteiger charge is 2.26. The summed E-state index contributed by atoms with van der Waals surface area (Å²) < 4.78 is 11.6. The molecule has 6 heteroatoms. The van der Waals surface area contributed by atoms with Crippen molar-refractivity contribution >= 4 is 5.82 Å². The average Bonchev–Trinajstić information content (AvgIpc) is 2.53. The van der Waals surface area contributed by atoms with Crippen LogP contribution >= 0.6 is 0 Å². The number of anilines is 1. The molecule has 1 aromatic carbocycles. The number of nitrogen functional groups attached to an aromatic ring is 1. The standard InChI is InChI=1S/C15H18N4O2/c1-3-10-9(2)17-15(18-14(10)19-16)13-8-20-11-6-4-5-7-12(11)21-13/h4-7,13H,3,8,16H2,1-2H3,(H,17,18,19). The Morgan fingerprint density at radius 2 is 2.05 bits per heavy atom. The number of nitrogens with one attached hydrogen (secondary N) is 1. The fraction of sp³-hybridized carbons (Fsp3) is 0.333. The number of para-hydroxylation sites is 2. The predicted molar refractivity (Wildman–Crippen MR) is 79.3 cm³/mol. The normalized spacial score (nSPS) is 16.6. The summed E-state index contributed by atoms with van der Waals surface area (Å²) in [4.78, 5) is 9.00. The molecule has 0 fully saturated rings. The Morgan fingerprint density at radius 1 is 1.29 bits per heavy atom. The number of aromatic nitrogens is 2. The molecule has 0 bridgehead atoms. The largest absolute Gasteiger partial charge is 0.485 e. The highest BCUT2D eigenvalue weighted by molar-refractivity contribution is 5.46. The first-order chi connectivity index (χ1) is 10.2. The average molecular weight is 286 g/mol. The van der Waals surface area contributed by atoms with Gasteiger partial charge < -0.3 is 14.9 Å². The van der Waals surface area contributed by atoms with E-state index in [0.717, 1.165) is 23.4 Å². The first-order valence-corrected chi connectivity index (χ1v) is 6.95. The Labute approximate surface area is 123 Å². The third kappa shape index (κ3) is 2.50. The summed E-state index contributed by atoms with van der Waals surface area (Å²) in [5.41, 5.74) is 4.55. The number of rotatable bonds is 3. The van der Waals surface area contributed by atoms with Gasteiger partial charge in [0, 0.05) is 11.3 Å². The summed E-state index contributed by atoms with van der Waals surface area (Å²) in [6.45, 7) is 4.37. The lowest BCUT2D eigenvalue weighted by Gasteiger charge is -2.26. The second-order valence-electron chi connectivity index (χ2n) is 4.86. The van der Waals surface area contributed by atoms with Crippen LogP contribution in [0.3, 0.4) is 0 Å². The van der Waals surface area contributed by atoms with E-state index in [2.05, 4.69) is 15.4 Å². The van der Waals surface area contributed by atoms with Gasteiger partial charge >= 0.3 is 0 Å². The first kappa shape index (κ1) is 13.6. The van der Waals surface area contributed by atoms with Gasteiger partial charge in [0.25, 0.3) is 0 Å². The summed E-state index contributed by atoms with van der Waals surface area (Å²) in [5.74, 6) is 8.22. The second kappa shape index (κ2) is 5.57. The maximum Gasteiger partial charge on any atom is 0.192 e. The van der Waals surface area contributed by atoms with E-state index in [4.69, 9.17) is 15.3 Å². The molecule has 0 radical (unpaired) electrons. The number of aryl methyl sites for hydroxylation is 1. The van der Waals surface area contributed by atoms with Crippen molar-refractivity contribution in [2.24, 2.45) is 5.84 Å². The first-order valence-electron chi connectivity index (χ1n) is 6.95. The van der Waals surface area contributed by atoms with Crippen molar-refractivity contribution in [3.8, 4) is 11.5 Å². The molecular formula is C15H18N4O2. The number of nitrogens with zero attached hydrogens (tertiary/aromatic N) is 2. The van der Waals surface area contributed by atoms with Gasteiger partial charge in [0.2, 0.25) is 0 Å². The van der Waals surface area contributed by atoms with E-state index in [9.17, 15) is 0 Å². The Bertz CT molecular complexity index is 660. The Balaban J connectivity index is 1.93. The van der Waals surface area contributed by atoms with Crippen LogP contribution in [-0.4, -0.2) is 16.6 Å². The van der Waals surface area contributed by atoms with Crippen LogP contribution in [-0.2, 0) is 6.42 Å². The fourth-order valence-corrected chi connectivity index (χ4v) is 2.45. The molecule has 1 atom stereocenters. The molecule has 0 spiro atoms. The van der Waals surface area contributed by atoms with Crippen LogP contribution in [0.5, 0.6) is 11.5 Å². The lowest BCUT2D eigenvalue weighted by molar-refractivity contribution is 0.0850. The third-order valence-corrected chi connectivity index (χ3v) is 3.52. The highest BCUT2D eigenvalue weighted by atomic mass is 16.6. The Morgan fingerprint density at radius 3 is 2.76 bits per heavy atom. The third-order valence-electron chi connectivity index (χ3n) is 3.52. The number of ether oxygens (including phenoxy) is 2. The molecule has 0 aliphatic carbocycles. The van der Waals surface area contributed by atoms with Crippen molar-refractivity contribution in [1.29, 1.82) is 0 Å². The van der Waals surface area contributed by atoms with Crippen LogP contribution in [0.1, 0.15) is 30.1 Å². The molecular weight excluding hydrogens is 268 g/mol. The van der Waals surface area contributed by atoms with Crippen molar-refractivity contribution < 1.29 is 9.47 Å². The van der Waals surface area contributed by atoms with Crippen LogP contribution in [0.2, 0.25) is 0 Å². The maximum absolute atomic E-state index is 5.93. The van der Waals surface area contributed by atoms with Crippen LogP contribution in [0.15, 0.2) is 24.3 Å². The van der Waals surface area contributed by atoms with E-state index in [1.807, 2.05) is 38.1 Å². The minimum absolute atomic E-state index is 0.336. The molecule has 1 aliphatic heterocycles. The van der Waals surface area contributed by atoms with Gasteiger partial charge in [-0.1, -0.05) is 19.1 Å². The van der Waals surface area contributed by atoms with E-state index in [1.165, 1.54) is 0 Å². The van der Waals surface area contributed by atoms with Crippen molar-refractivity contribution in [2.45, 2.75) is 26.4 Å². The molecule has 110 valence electrons. The Hall–Kier alpha value is -2.34. The van der Waals surface area contributed by atoms with Gasteiger partial charge in [-0.3, -0.25) is 0 Å². The van der Waals surface area contributed by atoms with E-state index in [0.29, 0.717) is 24.0 Å². The van der Waals surface area contributed by atoms with E-state index < -0.39 is 0 Å². The molecule has 0 amide bonds. The van der Waals surface area contributed by atoms with Crippen LogP contribution in [0, 0.1) is 6.92 Å². The topological polar surface area (TPSA) is 82.3 Å². The lowest BCUT2D eigenvalue weighted by Crippen LogP contribution is -2.25. The molecule has 6 nitrogen and oxygen atoms in total. The van der Waals surface area contributed by atoms with Crippen molar-refractivity contribution in [3.63, 3.8) is 0 Å². The molecule has 0 saturated heterocycles. The molecule has 3 rings (SSSR count). The zero-order chi connectivity index (χ0) is 14.8. The lowest BCUT2D eigenvalue weighted by atomic mass is 10.1. The number of hydrogen-bond acceptors (Lipinski definition) is 6. The van der Waals surface area contributed by atoms with Crippen LogP contribution < -0.4 is 20.7 Å². The van der Waals surface area contributed by atoms with Crippen molar-refractivity contribution in [2.75, 3.05) is 12.0 Å². The summed E-state index contributed by atoms with van der Waals surface area (Å²) >= 11 is 0. The molecule has 2 aromatic rings. The minimum atomic E-state index is -0.336. The van der Waals surface area contributed by atoms with Crippen LogP contribution in [0.25, 0.3) is 0 Å². The summed E-state index contributed by atoms with van der Waals surface area (Å²) in [6.07, 6.45) is 0.480. The number of hydrogen-bond donors (Lipinski definition) is 2. The zero-order valence-corrected chi connectivity index (χ0v) is 12.1. The number of benzene rings is 1. The molecule has 1 aromatic heterocycles. The van der Waals surface area contributed by atoms with E-state index in [1.54, 1.807) is 0 Å². The number of nitrogens with two attached hydrogens (primary N) is 1. The predicted octanol–water partition coefficient (Wildman–Crippen LogP) is 2.15. The van der Waals surface area contributed by atoms with Crippen LogP contribution in [0.4, 0.5) is 5.82 Å². The van der Waals surface area contributed by atoms with Gasteiger partial charge in [0.15, 0.2) is 23.4 Å².